The fourth-order valence-corrected chi connectivity index (χ4v) is 1.99. The highest BCUT2D eigenvalue weighted by molar-refractivity contribution is 6.33. The number of rotatable bonds is 5. The molecule has 1 heterocycles. The molecular weight excluding hydrogens is 200 g/mol. The van der Waals surface area contributed by atoms with Crippen molar-refractivity contribution in [2.24, 2.45) is 5.92 Å². The molecule has 86 valence electrons. The van der Waals surface area contributed by atoms with Crippen molar-refractivity contribution in [3.63, 3.8) is 0 Å². The fourth-order valence-electron chi connectivity index (χ4n) is 1.99. The number of aliphatic carboxylic acids is 1. The summed E-state index contributed by atoms with van der Waals surface area (Å²) in [7, 11) is 0. The second kappa shape index (κ2) is 4.72. The van der Waals surface area contributed by atoms with E-state index in [0.717, 1.165) is 0 Å². The number of Topliss-reactive ketones (excluding diaryl/α,β-unsaturated/α-hetero) is 1. The maximum atomic E-state index is 11.4. The quantitative estimate of drug-likeness (QED) is 0.689. The first-order valence-electron chi connectivity index (χ1n) is 5.12. The minimum absolute atomic E-state index is 0.373. The molecule has 1 aliphatic rings. The van der Waals surface area contributed by atoms with Gasteiger partial charge in [0.1, 0.15) is 0 Å². The first-order valence-corrected chi connectivity index (χ1v) is 5.12. The molecule has 1 N–H and O–H groups in total. The van der Waals surface area contributed by atoms with Gasteiger partial charge in [-0.3, -0.25) is 4.79 Å². The third-order valence-electron chi connectivity index (χ3n) is 2.69. The van der Waals surface area contributed by atoms with E-state index in [-0.39, 0.29) is 0 Å². The van der Waals surface area contributed by atoms with Gasteiger partial charge in [-0.2, -0.15) is 0 Å². The van der Waals surface area contributed by atoms with Gasteiger partial charge >= 0.3 is 5.97 Å². The van der Waals surface area contributed by atoms with E-state index in [4.69, 9.17) is 14.6 Å². The summed E-state index contributed by atoms with van der Waals surface area (Å²) in [6, 6.07) is 0. The summed E-state index contributed by atoms with van der Waals surface area (Å²) in [5, 5.41) is 8.68. The van der Waals surface area contributed by atoms with E-state index in [1.54, 1.807) is 6.92 Å². The monoisotopic (exact) mass is 216 g/mol. The lowest BCUT2D eigenvalue weighted by atomic mass is 9.91. The fraction of sp³-hybridized carbons (Fsp3) is 0.800. The van der Waals surface area contributed by atoms with Crippen LogP contribution in [0.1, 0.15) is 26.7 Å². The van der Waals surface area contributed by atoms with Gasteiger partial charge in [-0.05, 0) is 19.8 Å². The van der Waals surface area contributed by atoms with E-state index in [0.29, 0.717) is 26.1 Å². The standard InChI is InChI=1S/C10H16O5/c1-3-10(14-4-2)7(5-6-15-10)8(11)9(12)13/h7H,3-6H2,1-2H3,(H,12,13). The first-order chi connectivity index (χ1) is 7.07. The molecule has 5 nitrogen and oxygen atoms in total. The molecule has 1 fully saturated rings. The normalized spacial score (nSPS) is 30.4. The summed E-state index contributed by atoms with van der Waals surface area (Å²) in [6.07, 6.45) is 0.892. The summed E-state index contributed by atoms with van der Waals surface area (Å²) in [5.41, 5.74) is 0. The molecule has 0 amide bonds. The van der Waals surface area contributed by atoms with E-state index in [1.807, 2.05) is 6.92 Å². The van der Waals surface area contributed by atoms with Gasteiger partial charge in [-0.15, -0.1) is 0 Å². The Morgan fingerprint density at radius 3 is 2.67 bits per heavy atom. The molecular formula is C10H16O5. The number of ether oxygens (including phenoxy) is 2. The SMILES string of the molecule is CCOC1(CC)OCCC1C(=O)C(=O)O. The highest BCUT2D eigenvalue weighted by Gasteiger charge is 2.49. The Labute approximate surface area is 88.4 Å². The van der Waals surface area contributed by atoms with Crippen molar-refractivity contribution in [2.75, 3.05) is 13.2 Å². The molecule has 5 heteroatoms. The van der Waals surface area contributed by atoms with E-state index < -0.39 is 23.5 Å². The molecule has 1 saturated heterocycles. The average Bonchev–Trinajstić information content (AvgIpc) is 2.61. The molecule has 1 aliphatic heterocycles. The van der Waals surface area contributed by atoms with Gasteiger partial charge in [0.25, 0.3) is 0 Å². The predicted octanol–water partition coefficient (Wildman–Crippen LogP) is 0.819. The maximum absolute atomic E-state index is 11.4. The van der Waals surface area contributed by atoms with Gasteiger partial charge in [0.05, 0.1) is 12.5 Å². The van der Waals surface area contributed by atoms with Crippen molar-refractivity contribution >= 4 is 11.8 Å². The summed E-state index contributed by atoms with van der Waals surface area (Å²) < 4.78 is 10.8. The second-order valence-corrected chi connectivity index (χ2v) is 3.46. The smallest absolute Gasteiger partial charge is 0.372 e. The minimum atomic E-state index is -1.41. The van der Waals surface area contributed by atoms with E-state index >= 15 is 0 Å². The van der Waals surface area contributed by atoms with Crippen LogP contribution in [0, 0.1) is 5.92 Å². The third kappa shape index (κ3) is 2.18. The van der Waals surface area contributed by atoms with Gasteiger partial charge in [0.2, 0.25) is 5.78 Å². The van der Waals surface area contributed by atoms with Crippen LogP contribution in [0.5, 0.6) is 0 Å². The summed E-state index contributed by atoms with van der Waals surface area (Å²) in [4.78, 5) is 22.1. The van der Waals surface area contributed by atoms with Crippen molar-refractivity contribution in [3.8, 4) is 0 Å². The molecule has 2 unspecified atom stereocenters. The summed E-state index contributed by atoms with van der Waals surface area (Å²) in [5.74, 6) is -3.93. The van der Waals surface area contributed by atoms with Gasteiger partial charge in [0.15, 0.2) is 5.79 Å². The molecule has 1 rings (SSSR count). The van der Waals surface area contributed by atoms with Crippen LogP contribution < -0.4 is 0 Å². The number of carbonyl (C=O) groups is 2. The van der Waals surface area contributed by atoms with Crippen molar-refractivity contribution in [3.05, 3.63) is 0 Å². The molecule has 2 atom stereocenters. The van der Waals surface area contributed by atoms with Crippen molar-refractivity contribution in [1.82, 2.24) is 0 Å². The average molecular weight is 216 g/mol. The van der Waals surface area contributed by atoms with Crippen molar-refractivity contribution in [1.29, 1.82) is 0 Å². The lowest BCUT2D eigenvalue weighted by molar-refractivity contribution is -0.228. The highest BCUT2D eigenvalue weighted by Crippen LogP contribution is 2.36. The van der Waals surface area contributed by atoms with E-state index in [1.165, 1.54) is 0 Å². The van der Waals surface area contributed by atoms with Crippen LogP contribution in [0.4, 0.5) is 0 Å². The van der Waals surface area contributed by atoms with E-state index in [9.17, 15) is 9.59 Å². The number of carbonyl (C=O) groups excluding carboxylic acids is 1. The number of carboxylic acids is 1. The number of ketones is 1. The molecule has 0 aromatic carbocycles. The zero-order valence-corrected chi connectivity index (χ0v) is 8.99. The largest absolute Gasteiger partial charge is 0.475 e. The number of hydrogen-bond acceptors (Lipinski definition) is 4. The van der Waals surface area contributed by atoms with Gasteiger partial charge < -0.3 is 14.6 Å². The summed E-state index contributed by atoms with van der Waals surface area (Å²) >= 11 is 0. The Morgan fingerprint density at radius 1 is 1.53 bits per heavy atom. The lowest BCUT2D eigenvalue weighted by Crippen LogP contribution is -2.44. The van der Waals surface area contributed by atoms with Crippen LogP contribution in [0.3, 0.4) is 0 Å². The van der Waals surface area contributed by atoms with Gasteiger partial charge in [-0.1, -0.05) is 6.92 Å². The van der Waals surface area contributed by atoms with Gasteiger partial charge in [0, 0.05) is 6.61 Å². The Bertz CT molecular complexity index is 263. The Kier molecular flexibility index (Phi) is 3.82. The minimum Gasteiger partial charge on any atom is -0.475 e. The molecule has 0 aliphatic carbocycles. The Morgan fingerprint density at radius 2 is 2.20 bits per heavy atom. The highest BCUT2D eigenvalue weighted by atomic mass is 16.7. The first kappa shape index (κ1) is 12.1. The zero-order chi connectivity index (χ0) is 11.5. The van der Waals surface area contributed by atoms with Crippen LogP contribution in [0.15, 0.2) is 0 Å². The van der Waals surface area contributed by atoms with Crippen molar-refractivity contribution < 1.29 is 24.2 Å². The molecule has 0 spiro atoms. The van der Waals surface area contributed by atoms with Crippen LogP contribution in [0.2, 0.25) is 0 Å². The van der Waals surface area contributed by atoms with E-state index in [2.05, 4.69) is 0 Å². The van der Waals surface area contributed by atoms with Crippen LogP contribution in [-0.4, -0.2) is 35.9 Å². The maximum Gasteiger partial charge on any atom is 0.372 e. The third-order valence-corrected chi connectivity index (χ3v) is 2.69. The molecule has 15 heavy (non-hydrogen) atoms. The Balaban J connectivity index is 2.86. The predicted molar refractivity (Wildman–Crippen MR) is 51.3 cm³/mol. The molecule has 0 aromatic rings. The van der Waals surface area contributed by atoms with Crippen LogP contribution in [0.25, 0.3) is 0 Å². The topological polar surface area (TPSA) is 72.8 Å². The lowest BCUT2D eigenvalue weighted by Gasteiger charge is -2.31. The number of carboxylic acid groups (broad SMARTS) is 1. The van der Waals surface area contributed by atoms with Crippen molar-refractivity contribution in [2.45, 2.75) is 32.5 Å². The van der Waals surface area contributed by atoms with Crippen LogP contribution >= 0.6 is 0 Å². The molecule has 0 aromatic heterocycles. The van der Waals surface area contributed by atoms with Gasteiger partial charge in [-0.25, -0.2) is 4.79 Å². The molecule has 0 bridgehead atoms. The summed E-state index contributed by atoms with van der Waals surface area (Å²) in [6.45, 7) is 4.39. The number of hydrogen-bond donors (Lipinski definition) is 1. The molecule has 0 radical (unpaired) electrons. The Hall–Kier alpha value is -0.940. The van der Waals surface area contributed by atoms with Crippen LogP contribution in [-0.2, 0) is 19.1 Å². The zero-order valence-electron chi connectivity index (χ0n) is 8.99. The molecule has 0 saturated carbocycles. The second-order valence-electron chi connectivity index (χ2n) is 3.46.